The second-order valence-electron chi connectivity index (χ2n) is 7.17. The monoisotopic (exact) mass is 409 g/mol. The van der Waals surface area contributed by atoms with Crippen LogP contribution in [0.5, 0.6) is 5.75 Å². The van der Waals surface area contributed by atoms with Gasteiger partial charge in [-0.1, -0.05) is 48.5 Å². The number of benzene rings is 2. The number of aliphatic hydroxyl groups is 1. The summed E-state index contributed by atoms with van der Waals surface area (Å²) in [5.74, 6) is 1.20. The molecule has 0 radical (unpaired) electrons. The Kier molecular flexibility index (Phi) is 7.51. The van der Waals surface area contributed by atoms with E-state index in [1.165, 1.54) is 4.80 Å². The molecule has 0 aliphatic rings. The maximum Gasteiger partial charge on any atom is 0.220 e. The van der Waals surface area contributed by atoms with Gasteiger partial charge < -0.3 is 15.2 Å². The zero-order valence-electron chi connectivity index (χ0n) is 17.3. The van der Waals surface area contributed by atoms with Gasteiger partial charge in [-0.05, 0) is 36.6 Å². The Hall–Kier alpha value is -3.26. The highest BCUT2D eigenvalue weighted by molar-refractivity contribution is 5.75. The SMILES string of the molecule is Cc1cccc(C)c1OCC(O)CNC(=O)CCCn1nnc(-c2ccccc2)n1. The van der Waals surface area contributed by atoms with Gasteiger partial charge in [0.25, 0.3) is 0 Å². The summed E-state index contributed by atoms with van der Waals surface area (Å²) < 4.78 is 5.71. The van der Waals surface area contributed by atoms with Crippen molar-refractivity contribution >= 4 is 5.91 Å². The molecule has 30 heavy (non-hydrogen) atoms. The van der Waals surface area contributed by atoms with E-state index in [2.05, 4.69) is 20.7 Å². The van der Waals surface area contributed by atoms with E-state index in [-0.39, 0.29) is 19.1 Å². The van der Waals surface area contributed by atoms with Crippen LogP contribution in [-0.4, -0.2) is 50.5 Å². The second kappa shape index (κ2) is 10.5. The molecule has 158 valence electrons. The largest absolute Gasteiger partial charge is 0.490 e. The molecule has 0 spiro atoms. The molecule has 0 saturated heterocycles. The van der Waals surface area contributed by atoms with Crippen molar-refractivity contribution in [2.45, 2.75) is 39.3 Å². The lowest BCUT2D eigenvalue weighted by Gasteiger charge is -2.16. The maximum absolute atomic E-state index is 12.0. The Morgan fingerprint density at radius 2 is 1.87 bits per heavy atom. The van der Waals surface area contributed by atoms with Gasteiger partial charge in [0.1, 0.15) is 18.5 Å². The number of rotatable bonds is 10. The Bertz CT molecular complexity index is 938. The number of tetrazole rings is 1. The highest BCUT2D eigenvalue weighted by Crippen LogP contribution is 2.22. The van der Waals surface area contributed by atoms with Crippen LogP contribution in [0.2, 0.25) is 0 Å². The van der Waals surface area contributed by atoms with Crippen LogP contribution in [0.25, 0.3) is 11.4 Å². The summed E-state index contributed by atoms with van der Waals surface area (Å²) in [6.07, 6.45) is 0.108. The first-order valence-electron chi connectivity index (χ1n) is 10.00. The molecule has 0 bridgehead atoms. The van der Waals surface area contributed by atoms with Gasteiger partial charge in [0.2, 0.25) is 11.7 Å². The van der Waals surface area contributed by atoms with E-state index in [4.69, 9.17) is 4.74 Å². The standard InChI is InChI=1S/C22H27N5O3/c1-16-8-6-9-17(2)21(16)30-15-19(28)14-23-20(29)12-7-13-27-25-22(24-26-27)18-10-4-3-5-11-18/h3-6,8-11,19,28H,7,12-15H2,1-2H3,(H,23,29). The number of hydrogen-bond donors (Lipinski definition) is 2. The lowest BCUT2D eigenvalue weighted by atomic mass is 10.1. The number of aliphatic hydroxyl groups excluding tert-OH is 1. The third kappa shape index (κ3) is 6.12. The van der Waals surface area contributed by atoms with Crippen molar-refractivity contribution in [1.29, 1.82) is 0 Å². The maximum atomic E-state index is 12.0. The van der Waals surface area contributed by atoms with Gasteiger partial charge in [-0.2, -0.15) is 4.80 Å². The average molecular weight is 409 g/mol. The predicted molar refractivity (Wildman–Crippen MR) is 113 cm³/mol. The molecule has 3 rings (SSSR count). The van der Waals surface area contributed by atoms with Gasteiger partial charge in [0.15, 0.2) is 0 Å². The molecule has 2 N–H and O–H groups in total. The van der Waals surface area contributed by atoms with E-state index < -0.39 is 6.10 Å². The summed E-state index contributed by atoms with van der Waals surface area (Å²) in [5, 5.41) is 25.2. The molecule has 0 aliphatic carbocycles. The van der Waals surface area contributed by atoms with Crippen molar-refractivity contribution in [3.8, 4) is 17.1 Å². The van der Waals surface area contributed by atoms with E-state index >= 15 is 0 Å². The molecule has 0 aliphatic heterocycles. The van der Waals surface area contributed by atoms with Crippen molar-refractivity contribution in [3.05, 3.63) is 59.7 Å². The molecule has 0 saturated carbocycles. The minimum Gasteiger partial charge on any atom is -0.490 e. The Balaban J connectivity index is 1.34. The van der Waals surface area contributed by atoms with Crippen molar-refractivity contribution in [2.24, 2.45) is 0 Å². The van der Waals surface area contributed by atoms with E-state index in [1.807, 2.05) is 62.4 Å². The molecule has 1 unspecified atom stereocenters. The molecule has 1 atom stereocenters. The molecule has 1 amide bonds. The minimum absolute atomic E-state index is 0.122. The Labute approximate surface area is 175 Å². The lowest BCUT2D eigenvalue weighted by molar-refractivity contribution is -0.121. The number of nitrogens with zero attached hydrogens (tertiary/aromatic N) is 4. The van der Waals surface area contributed by atoms with E-state index in [0.717, 1.165) is 22.4 Å². The first-order valence-corrected chi connectivity index (χ1v) is 10.00. The van der Waals surface area contributed by atoms with E-state index in [9.17, 15) is 9.90 Å². The first-order chi connectivity index (χ1) is 14.5. The molecular weight excluding hydrogens is 382 g/mol. The number of para-hydroxylation sites is 1. The molecule has 1 aromatic heterocycles. The minimum atomic E-state index is -0.779. The van der Waals surface area contributed by atoms with Gasteiger partial charge in [0.05, 0.1) is 6.54 Å². The highest BCUT2D eigenvalue weighted by atomic mass is 16.5. The number of aryl methyl sites for hydroxylation is 3. The topological polar surface area (TPSA) is 102 Å². The molecule has 8 heteroatoms. The zero-order valence-corrected chi connectivity index (χ0v) is 17.3. The number of carbonyl (C=O) groups is 1. The summed E-state index contributed by atoms with van der Waals surface area (Å²) in [7, 11) is 0. The molecule has 1 heterocycles. The van der Waals surface area contributed by atoms with Gasteiger partial charge in [-0.15, -0.1) is 10.2 Å². The van der Waals surface area contributed by atoms with Crippen molar-refractivity contribution in [3.63, 3.8) is 0 Å². The molecular formula is C22H27N5O3. The Morgan fingerprint density at radius 1 is 1.13 bits per heavy atom. The van der Waals surface area contributed by atoms with Crippen LogP contribution >= 0.6 is 0 Å². The Morgan fingerprint density at radius 3 is 2.60 bits per heavy atom. The number of nitrogens with one attached hydrogen (secondary N) is 1. The summed E-state index contributed by atoms with van der Waals surface area (Å²) in [6, 6.07) is 15.5. The summed E-state index contributed by atoms with van der Waals surface area (Å²) >= 11 is 0. The van der Waals surface area contributed by atoms with Crippen LogP contribution in [0, 0.1) is 13.8 Å². The average Bonchev–Trinajstić information content (AvgIpc) is 3.21. The molecule has 8 nitrogen and oxygen atoms in total. The molecule has 3 aromatic rings. The number of amides is 1. The van der Waals surface area contributed by atoms with Crippen LogP contribution in [0.1, 0.15) is 24.0 Å². The lowest BCUT2D eigenvalue weighted by Crippen LogP contribution is -2.35. The van der Waals surface area contributed by atoms with Crippen LogP contribution in [0.4, 0.5) is 0 Å². The van der Waals surface area contributed by atoms with Gasteiger partial charge >= 0.3 is 0 Å². The summed E-state index contributed by atoms with van der Waals surface area (Å²) in [4.78, 5) is 13.5. The molecule has 0 fully saturated rings. The van der Waals surface area contributed by atoms with Crippen LogP contribution in [-0.2, 0) is 11.3 Å². The van der Waals surface area contributed by atoms with Gasteiger partial charge in [-0.3, -0.25) is 4.79 Å². The third-order valence-corrected chi connectivity index (χ3v) is 4.61. The first kappa shape index (κ1) is 21.4. The fourth-order valence-electron chi connectivity index (χ4n) is 3.01. The summed E-state index contributed by atoms with van der Waals surface area (Å²) in [5.41, 5.74) is 2.94. The second-order valence-corrected chi connectivity index (χ2v) is 7.17. The van der Waals surface area contributed by atoms with Crippen LogP contribution in [0.15, 0.2) is 48.5 Å². The fourth-order valence-corrected chi connectivity index (χ4v) is 3.01. The summed E-state index contributed by atoms with van der Waals surface area (Å²) in [6.45, 7) is 4.68. The number of aromatic nitrogens is 4. The zero-order chi connectivity index (χ0) is 21.3. The smallest absolute Gasteiger partial charge is 0.220 e. The number of ether oxygens (including phenoxy) is 1. The quantitative estimate of drug-likeness (QED) is 0.533. The van der Waals surface area contributed by atoms with Gasteiger partial charge in [0, 0.05) is 18.5 Å². The predicted octanol–water partition coefficient (Wildman–Crippen LogP) is 2.29. The van der Waals surface area contributed by atoms with Crippen molar-refractivity contribution < 1.29 is 14.6 Å². The van der Waals surface area contributed by atoms with Crippen LogP contribution < -0.4 is 10.1 Å². The van der Waals surface area contributed by atoms with E-state index in [0.29, 0.717) is 25.2 Å². The van der Waals surface area contributed by atoms with Crippen molar-refractivity contribution in [2.75, 3.05) is 13.2 Å². The van der Waals surface area contributed by atoms with Crippen LogP contribution in [0.3, 0.4) is 0 Å². The van der Waals surface area contributed by atoms with E-state index in [1.54, 1.807) is 0 Å². The third-order valence-electron chi connectivity index (χ3n) is 4.61. The highest BCUT2D eigenvalue weighted by Gasteiger charge is 2.11. The number of hydrogen-bond acceptors (Lipinski definition) is 6. The number of carbonyl (C=O) groups excluding carboxylic acids is 1. The molecule has 2 aromatic carbocycles. The fraction of sp³-hybridized carbons (Fsp3) is 0.364. The van der Waals surface area contributed by atoms with Crippen molar-refractivity contribution in [1.82, 2.24) is 25.5 Å². The normalized spacial score (nSPS) is 11.8. The van der Waals surface area contributed by atoms with Gasteiger partial charge in [-0.25, -0.2) is 0 Å².